The lowest BCUT2D eigenvalue weighted by Gasteiger charge is -2.27. The second-order valence-corrected chi connectivity index (χ2v) is 7.50. The van der Waals surface area contributed by atoms with Gasteiger partial charge in [0.05, 0.1) is 13.7 Å². The zero-order valence-electron chi connectivity index (χ0n) is 16.7. The lowest BCUT2D eigenvalue weighted by Crippen LogP contribution is -2.31. The quantitative estimate of drug-likeness (QED) is 0.346. The molecule has 1 rings (SSSR count). The summed E-state index contributed by atoms with van der Waals surface area (Å²) in [5.41, 5.74) is 0. The van der Waals surface area contributed by atoms with E-state index in [1.54, 1.807) is 0 Å². The van der Waals surface area contributed by atoms with Crippen LogP contribution in [0.4, 0.5) is 9.59 Å². The van der Waals surface area contributed by atoms with Crippen molar-refractivity contribution in [1.29, 1.82) is 0 Å². The molecule has 0 amide bonds. The first-order chi connectivity index (χ1) is 12.5. The van der Waals surface area contributed by atoms with Crippen LogP contribution in [-0.2, 0) is 18.9 Å². The fourth-order valence-electron chi connectivity index (χ4n) is 3.19. The number of rotatable bonds is 11. The van der Waals surface area contributed by atoms with Gasteiger partial charge in [-0.2, -0.15) is 0 Å². The van der Waals surface area contributed by atoms with Gasteiger partial charge in [-0.1, -0.05) is 52.4 Å². The molecule has 0 saturated heterocycles. The minimum absolute atomic E-state index is 0.258. The van der Waals surface area contributed by atoms with Gasteiger partial charge in [0.25, 0.3) is 0 Å². The summed E-state index contributed by atoms with van der Waals surface area (Å²) in [5, 5.41) is 0. The van der Waals surface area contributed by atoms with Crippen molar-refractivity contribution in [1.82, 2.24) is 0 Å². The third kappa shape index (κ3) is 11.2. The van der Waals surface area contributed by atoms with Crippen LogP contribution in [0.3, 0.4) is 0 Å². The average molecular weight is 373 g/mol. The Hall–Kier alpha value is -1.46. The monoisotopic (exact) mass is 372 g/mol. The van der Waals surface area contributed by atoms with Crippen LogP contribution in [0.15, 0.2) is 0 Å². The van der Waals surface area contributed by atoms with Crippen LogP contribution in [-0.4, -0.2) is 38.2 Å². The average Bonchev–Trinajstić information content (AvgIpc) is 2.60. The number of hydrogen-bond donors (Lipinski definition) is 0. The maximum Gasteiger partial charge on any atom is 0.508 e. The SMILES string of the molecule is COC(=O)OC1CCCC(OC(=O)OCCCCCCCCC(C)C)C1. The molecular formula is C20H36O6. The molecule has 0 aromatic carbocycles. The Morgan fingerprint density at radius 2 is 1.46 bits per heavy atom. The van der Waals surface area contributed by atoms with E-state index in [9.17, 15) is 9.59 Å². The highest BCUT2D eigenvalue weighted by molar-refractivity contribution is 5.60. The van der Waals surface area contributed by atoms with E-state index in [0.29, 0.717) is 13.0 Å². The number of carbonyl (C=O) groups excluding carboxylic acids is 2. The van der Waals surface area contributed by atoms with E-state index >= 15 is 0 Å². The van der Waals surface area contributed by atoms with Crippen LogP contribution in [0.2, 0.25) is 0 Å². The second kappa shape index (κ2) is 13.7. The lowest BCUT2D eigenvalue weighted by molar-refractivity contribution is -0.0312. The van der Waals surface area contributed by atoms with Gasteiger partial charge in [-0.15, -0.1) is 0 Å². The summed E-state index contributed by atoms with van der Waals surface area (Å²) in [6, 6.07) is 0. The fraction of sp³-hybridized carbons (Fsp3) is 0.900. The molecule has 0 heterocycles. The van der Waals surface area contributed by atoms with Gasteiger partial charge in [0.15, 0.2) is 0 Å². The molecule has 1 aliphatic rings. The summed E-state index contributed by atoms with van der Waals surface area (Å²) in [5.74, 6) is 0.792. The first-order valence-electron chi connectivity index (χ1n) is 10.1. The Morgan fingerprint density at radius 1 is 0.885 bits per heavy atom. The van der Waals surface area contributed by atoms with E-state index in [1.807, 2.05) is 0 Å². The molecule has 0 spiro atoms. The highest BCUT2D eigenvalue weighted by Gasteiger charge is 2.28. The number of unbranched alkanes of at least 4 members (excludes halogenated alkanes) is 5. The smallest absolute Gasteiger partial charge is 0.438 e. The van der Waals surface area contributed by atoms with Gasteiger partial charge in [-0.25, -0.2) is 9.59 Å². The molecule has 0 N–H and O–H groups in total. The highest BCUT2D eigenvalue weighted by Crippen LogP contribution is 2.24. The normalized spacial score (nSPS) is 19.8. The molecule has 0 aromatic heterocycles. The number of carbonyl (C=O) groups is 2. The zero-order valence-corrected chi connectivity index (χ0v) is 16.7. The molecule has 1 fully saturated rings. The van der Waals surface area contributed by atoms with Crippen molar-refractivity contribution in [2.75, 3.05) is 13.7 Å². The van der Waals surface area contributed by atoms with Crippen LogP contribution in [0.25, 0.3) is 0 Å². The number of hydrogen-bond acceptors (Lipinski definition) is 6. The van der Waals surface area contributed by atoms with Gasteiger partial charge in [0.2, 0.25) is 0 Å². The van der Waals surface area contributed by atoms with Crippen LogP contribution >= 0.6 is 0 Å². The van der Waals surface area contributed by atoms with Crippen LogP contribution in [0, 0.1) is 5.92 Å². The molecule has 26 heavy (non-hydrogen) atoms. The summed E-state index contributed by atoms with van der Waals surface area (Å²) in [7, 11) is 1.28. The molecule has 1 saturated carbocycles. The van der Waals surface area contributed by atoms with Crippen molar-refractivity contribution in [3.05, 3.63) is 0 Å². The van der Waals surface area contributed by atoms with E-state index in [1.165, 1.54) is 39.2 Å². The molecule has 152 valence electrons. The third-order valence-electron chi connectivity index (χ3n) is 4.67. The number of ether oxygens (including phenoxy) is 4. The lowest BCUT2D eigenvalue weighted by atomic mass is 9.95. The van der Waals surface area contributed by atoms with Crippen molar-refractivity contribution >= 4 is 12.3 Å². The number of methoxy groups -OCH3 is 1. The molecule has 6 heteroatoms. The molecule has 2 atom stereocenters. The summed E-state index contributed by atoms with van der Waals surface area (Å²) >= 11 is 0. The first-order valence-corrected chi connectivity index (χ1v) is 10.1. The minimum Gasteiger partial charge on any atom is -0.438 e. The van der Waals surface area contributed by atoms with Gasteiger partial charge in [-0.3, -0.25) is 0 Å². The van der Waals surface area contributed by atoms with Gasteiger partial charge in [0, 0.05) is 6.42 Å². The van der Waals surface area contributed by atoms with E-state index in [0.717, 1.165) is 38.0 Å². The van der Waals surface area contributed by atoms with Crippen molar-refractivity contribution < 1.29 is 28.5 Å². The molecular weight excluding hydrogens is 336 g/mol. The third-order valence-corrected chi connectivity index (χ3v) is 4.67. The molecule has 0 bridgehead atoms. The van der Waals surface area contributed by atoms with Crippen molar-refractivity contribution in [3.63, 3.8) is 0 Å². The zero-order chi connectivity index (χ0) is 19.2. The minimum atomic E-state index is -0.692. The fourth-order valence-corrected chi connectivity index (χ4v) is 3.19. The largest absolute Gasteiger partial charge is 0.508 e. The molecule has 6 nitrogen and oxygen atoms in total. The van der Waals surface area contributed by atoms with Gasteiger partial charge >= 0.3 is 12.3 Å². The topological polar surface area (TPSA) is 71.1 Å². The molecule has 0 aliphatic heterocycles. The molecule has 0 aromatic rings. The highest BCUT2D eigenvalue weighted by atomic mass is 16.7. The predicted octanol–water partition coefficient (Wildman–Crippen LogP) is 5.62. The summed E-state index contributed by atoms with van der Waals surface area (Å²) in [4.78, 5) is 22.9. The van der Waals surface area contributed by atoms with E-state index in [-0.39, 0.29) is 12.2 Å². The summed E-state index contributed by atoms with van der Waals surface area (Å²) in [6.45, 7) is 4.92. The van der Waals surface area contributed by atoms with Crippen LogP contribution in [0.5, 0.6) is 0 Å². The van der Waals surface area contributed by atoms with E-state index in [2.05, 4.69) is 18.6 Å². The van der Waals surface area contributed by atoms with E-state index in [4.69, 9.17) is 14.2 Å². The first kappa shape index (κ1) is 22.6. The summed E-state index contributed by atoms with van der Waals surface area (Å²) < 4.78 is 20.1. The van der Waals surface area contributed by atoms with Crippen molar-refractivity contribution in [2.24, 2.45) is 5.92 Å². The Bertz CT molecular complexity index is 396. The molecule has 1 aliphatic carbocycles. The van der Waals surface area contributed by atoms with Gasteiger partial charge in [0.1, 0.15) is 12.2 Å². The molecule has 0 radical (unpaired) electrons. The predicted molar refractivity (Wildman–Crippen MR) is 99.1 cm³/mol. The Morgan fingerprint density at radius 3 is 2.08 bits per heavy atom. The second-order valence-electron chi connectivity index (χ2n) is 7.50. The Balaban J connectivity index is 2.01. The Kier molecular flexibility index (Phi) is 11.9. The van der Waals surface area contributed by atoms with Gasteiger partial charge in [-0.05, 0) is 31.6 Å². The van der Waals surface area contributed by atoms with Gasteiger partial charge < -0.3 is 18.9 Å². The van der Waals surface area contributed by atoms with E-state index < -0.39 is 12.3 Å². The maximum atomic E-state index is 11.8. The molecule has 2 unspecified atom stereocenters. The van der Waals surface area contributed by atoms with Crippen LogP contribution in [0.1, 0.15) is 84.5 Å². The van der Waals surface area contributed by atoms with Crippen molar-refractivity contribution in [3.8, 4) is 0 Å². The van der Waals surface area contributed by atoms with Crippen molar-refractivity contribution in [2.45, 2.75) is 96.7 Å². The van der Waals surface area contributed by atoms with Crippen LogP contribution < -0.4 is 0 Å². The summed E-state index contributed by atoms with van der Waals surface area (Å²) in [6.07, 6.45) is 9.34. The Labute approximate surface area is 157 Å². The standard InChI is InChI=1S/C20H36O6/c1-16(2)11-8-6-4-5-7-9-14-24-20(22)26-18-13-10-12-17(15-18)25-19(21)23-3/h16-18H,4-15H2,1-3H3. The maximum absolute atomic E-state index is 11.8.